The molecule has 2 aromatic carbocycles. The highest BCUT2D eigenvalue weighted by Gasteiger charge is 2.19. The summed E-state index contributed by atoms with van der Waals surface area (Å²) in [6.07, 6.45) is 2.45. The van der Waals surface area contributed by atoms with E-state index < -0.39 is 0 Å². The Balaban J connectivity index is 1.85. The molecule has 2 rings (SSSR count). The van der Waals surface area contributed by atoms with Crippen molar-refractivity contribution in [3.05, 3.63) is 48.0 Å². The molecule has 28 heavy (non-hydrogen) atoms. The third-order valence-corrected chi connectivity index (χ3v) is 4.90. The van der Waals surface area contributed by atoms with Gasteiger partial charge in [-0.05, 0) is 36.1 Å². The largest absolute Gasteiger partial charge is 0.381 e. The van der Waals surface area contributed by atoms with Crippen LogP contribution in [0.1, 0.15) is 51.5 Å². The summed E-state index contributed by atoms with van der Waals surface area (Å²) < 4.78 is 5.30. The van der Waals surface area contributed by atoms with Gasteiger partial charge in [0.25, 0.3) is 0 Å². The molecule has 0 aromatic heterocycles. The van der Waals surface area contributed by atoms with Gasteiger partial charge in [0, 0.05) is 38.2 Å². The summed E-state index contributed by atoms with van der Waals surface area (Å²) in [7, 11) is 0. The second kappa shape index (κ2) is 11.5. The quantitative estimate of drug-likeness (QED) is 0.471. The Labute approximate surface area is 167 Å². The first-order valence-electron chi connectivity index (χ1n) is 10.1. The zero-order valence-corrected chi connectivity index (χ0v) is 16.9. The van der Waals surface area contributed by atoms with E-state index in [2.05, 4.69) is 12.1 Å². The predicted octanol–water partition coefficient (Wildman–Crippen LogP) is 4.71. The lowest BCUT2D eigenvalue weighted by Gasteiger charge is -2.14. The Morgan fingerprint density at radius 3 is 2.32 bits per heavy atom. The van der Waals surface area contributed by atoms with E-state index in [9.17, 15) is 14.4 Å². The molecule has 1 atom stereocenters. The van der Waals surface area contributed by atoms with Gasteiger partial charge in [-0.3, -0.25) is 14.4 Å². The van der Waals surface area contributed by atoms with E-state index in [1.54, 1.807) is 0 Å². The fraction of sp³-hybridized carbons (Fsp3) is 0.458. The van der Waals surface area contributed by atoms with Crippen molar-refractivity contribution in [1.82, 2.24) is 0 Å². The van der Waals surface area contributed by atoms with E-state index in [0.717, 1.165) is 22.8 Å². The Morgan fingerprint density at radius 2 is 1.61 bits per heavy atom. The normalized spacial score (nSPS) is 12.1. The molecule has 0 radical (unpaired) electrons. The molecule has 0 aliphatic rings. The van der Waals surface area contributed by atoms with Gasteiger partial charge in [0.15, 0.2) is 0 Å². The lowest BCUT2D eigenvalue weighted by atomic mass is 9.89. The molecule has 4 nitrogen and oxygen atoms in total. The van der Waals surface area contributed by atoms with E-state index >= 15 is 0 Å². The minimum absolute atomic E-state index is 0.0146. The van der Waals surface area contributed by atoms with Crippen LogP contribution in [0, 0.1) is 5.92 Å². The lowest BCUT2D eigenvalue weighted by Crippen LogP contribution is -2.19. The number of hydrogen-bond donors (Lipinski definition) is 0. The summed E-state index contributed by atoms with van der Waals surface area (Å²) in [5.41, 5.74) is 1.05. The predicted molar refractivity (Wildman–Crippen MR) is 111 cm³/mol. The molecule has 0 N–H and O–H groups in total. The zero-order valence-electron chi connectivity index (χ0n) is 16.9. The number of rotatable bonds is 13. The summed E-state index contributed by atoms with van der Waals surface area (Å²) in [4.78, 5) is 36.2. The first kappa shape index (κ1) is 22.0. The Bertz CT molecular complexity index is 809. The van der Waals surface area contributed by atoms with Crippen LogP contribution in [-0.4, -0.2) is 30.6 Å². The highest BCUT2D eigenvalue weighted by Crippen LogP contribution is 2.20. The Kier molecular flexibility index (Phi) is 9.02. The van der Waals surface area contributed by atoms with Crippen molar-refractivity contribution < 1.29 is 19.1 Å². The third-order valence-electron chi connectivity index (χ3n) is 4.90. The molecular formula is C24H30O4. The van der Waals surface area contributed by atoms with E-state index in [1.165, 1.54) is 6.92 Å². The van der Waals surface area contributed by atoms with Crippen LogP contribution in [0.3, 0.4) is 0 Å². The number of ketones is 3. The Morgan fingerprint density at radius 1 is 0.893 bits per heavy atom. The monoisotopic (exact) mass is 382 g/mol. The highest BCUT2D eigenvalue weighted by atomic mass is 16.5. The van der Waals surface area contributed by atoms with Crippen LogP contribution in [0.25, 0.3) is 10.8 Å². The van der Waals surface area contributed by atoms with Crippen molar-refractivity contribution in [2.24, 2.45) is 5.92 Å². The molecule has 0 fully saturated rings. The SMILES string of the molecule is CCCOCCC(=O)CCC(=O)CC(Cc1ccc2ccccc2c1)C(C)=O. The molecule has 1 unspecified atom stereocenters. The Hall–Kier alpha value is -2.33. The van der Waals surface area contributed by atoms with Gasteiger partial charge in [-0.1, -0.05) is 49.4 Å². The molecule has 0 saturated heterocycles. The molecule has 0 bridgehead atoms. The van der Waals surface area contributed by atoms with Crippen LogP contribution >= 0.6 is 0 Å². The number of ether oxygens (including phenoxy) is 1. The van der Waals surface area contributed by atoms with Crippen molar-refractivity contribution in [2.75, 3.05) is 13.2 Å². The number of benzene rings is 2. The summed E-state index contributed by atoms with van der Waals surface area (Å²) in [6, 6.07) is 14.2. The van der Waals surface area contributed by atoms with Crippen molar-refractivity contribution in [3.63, 3.8) is 0 Å². The van der Waals surface area contributed by atoms with Crippen LogP contribution in [0.4, 0.5) is 0 Å². The van der Waals surface area contributed by atoms with Gasteiger partial charge in [0.05, 0.1) is 6.61 Å². The molecule has 0 amide bonds. The highest BCUT2D eigenvalue weighted by molar-refractivity contribution is 5.90. The van der Waals surface area contributed by atoms with Crippen LogP contribution in [-0.2, 0) is 25.5 Å². The van der Waals surface area contributed by atoms with Crippen LogP contribution < -0.4 is 0 Å². The first-order chi connectivity index (χ1) is 13.5. The van der Waals surface area contributed by atoms with Gasteiger partial charge in [0.2, 0.25) is 0 Å². The van der Waals surface area contributed by atoms with Gasteiger partial charge >= 0.3 is 0 Å². The average Bonchev–Trinajstić information content (AvgIpc) is 2.69. The van der Waals surface area contributed by atoms with E-state index in [-0.39, 0.29) is 42.5 Å². The van der Waals surface area contributed by atoms with Gasteiger partial charge in [-0.15, -0.1) is 0 Å². The van der Waals surface area contributed by atoms with Gasteiger partial charge in [-0.25, -0.2) is 0 Å². The number of carbonyl (C=O) groups is 3. The fourth-order valence-electron chi connectivity index (χ4n) is 3.22. The molecule has 0 aliphatic heterocycles. The lowest BCUT2D eigenvalue weighted by molar-refractivity contribution is -0.128. The molecule has 150 valence electrons. The third kappa shape index (κ3) is 7.35. The molecule has 2 aromatic rings. The van der Waals surface area contributed by atoms with Crippen molar-refractivity contribution >= 4 is 28.1 Å². The maximum Gasteiger partial charge on any atom is 0.135 e. The molecule has 0 spiro atoms. The minimum Gasteiger partial charge on any atom is -0.381 e. The van der Waals surface area contributed by atoms with Crippen molar-refractivity contribution in [1.29, 1.82) is 0 Å². The second-order valence-corrected chi connectivity index (χ2v) is 7.34. The number of fused-ring (bicyclic) bond motifs is 1. The maximum atomic E-state index is 12.3. The molecule has 4 heteroatoms. The zero-order chi connectivity index (χ0) is 20.4. The maximum absolute atomic E-state index is 12.3. The molecular weight excluding hydrogens is 352 g/mol. The van der Waals surface area contributed by atoms with E-state index in [4.69, 9.17) is 4.74 Å². The molecule has 0 heterocycles. The summed E-state index contributed by atoms with van der Waals surface area (Å²) in [5, 5.41) is 2.28. The smallest absolute Gasteiger partial charge is 0.135 e. The van der Waals surface area contributed by atoms with Crippen molar-refractivity contribution in [2.45, 2.75) is 52.4 Å². The van der Waals surface area contributed by atoms with E-state index in [1.807, 2.05) is 37.3 Å². The minimum atomic E-state index is -0.336. The van der Waals surface area contributed by atoms with Gasteiger partial charge in [0.1, 0.15) is 17.3 Å². The van der Waals surface area contributed by atoms with Crippen LogP contribution in [0.15, 0.2) is 42.5 Å². The van der Waals surface area contributed by atoms with Gasteiger partial charge < -0.3 is 4.74 Å². The van der Waals surface area contributed by atoms with Gasteiger partial charge in [-0.2, -0.15) is 0 Å². The number of Topliss-reactive ketones (excluding diaryl/α,β-unsaturated/α-hetero) is 3. The fourth-order valence-corrected chi connectivity index (χ4v) is 3.22. The standard InChI is InChI=1S/C24H30O4/c1-3-13-28-14-12-23(26)10-11-24(27)17-22(18(2)25)16-19-8-9-20-6-4-5-7-21(20)15-19/h4-9,15,22H,3,10-14,16-17H2,1-2H3. The molecule has 0 saturated carbocycles. The van der Waals surface area contributed by atoms with Crippen LogP contribution in [0.5, 0.6) is 0 Å². The topological polar surface area (TPSA) is 60.4 Å². The summed E-state index contributed by atoms with van der Waals surface area (Å²) in [5.74, 6) is -0.306. The van der Waals surface area contributed by atoms with Crippen molar-refractivity contribution in [3.8, 4) is 0 Å². The second-order valence-electron chi connectivity index (χ2n) is 7.34. The number of carbonyl (C=O) groups excluding carboxylic acids is 3. The number of hydrogen-bond acceptors (Lipinski definition) is 4. The average molecular weight is 383 g/mol. The first-order valence-corrected chi connectivity index (χ1v) is 10.1. The summed E-state index contributed by atoms with van der Waals surface area (Å²) in [6.45, 7) is 4.62. The van der Waals surface area contributed by atoms with E-state index in [0.29, 0.717) is 26.1 Å². The van der Waals surface area contributed by atoms with Crippen LogP contribution in [0.2, 0.25) is 0 Å². The summed E-state index contributed by atoms with van der Waals surface area (Å²) >= 11 is 0. The molecule has 0 aliphatic carbocycles.